The molecule has 266 valence electrons. The molecule has 0 saturated carbocycles. The Bertz CT molecular complexity index is 3500. The van der Waals surface area contributed by atoms with Crippen molar-refractivity contribution in [1.82, 2.24) is 9.88 Å². The molecule has 0 aliphatic carbocycles. The molecule has 1 atom stereocenters. The molecule has 0 spiro atoms. The minimum atomic E-state index is -0.0101. The van der Waals surface area contributed by atoms with Gasteiger partial charge in [-0.05, 0) is 80.3 Å². The van der Waals surface area contributed by atoms with Crippen molar-refractivity contribution in [3.8, 4) is 5.69 Å². The second kappa shape index (κ2) is 11.7. The summed E-state index contributed by atoms with van der Waals surface area (Å²) in [5, 5.41) is 15.8. The molecule has 0 radical (unpaired) electrons. The van der Waals surface area contributed by atoms with E-state index in [4.69, 9.17) is 9.41 Å². The number of fused-ring (bicyclic) bond motifs is 14. The van der Waals surface area contributed by atoms with Crippen molar-refractivity contribution in [3.05, 3.63) is 198 Å². The predicted molar refractivity (Wildman–Crippen MR) is 239 cm³/mol. The lowest BCUT2D eigenvalue weighted by atomic mass is 9.99. The van der Waals surface area contributed by atoms with Crippen molar-refractivity contribution in [2.24, 2.45) is 4.99 Å². The average molecular weight is 746 g/mol. The third-order valence-corrected chi connectivity index (χ3v) is 13.2. The number of hydrogen-bond donors (Lipinski definition) is 1. The standard InChI is InChI=1S/C52H31N3OS/c1-2-14-32(15-3-1)48-51-49(38-20-10-11-21-45(38)57-51)54-52(53-48)35-27-40-39-26-33-16-4-5-17-34(33)29-44(39)56-50(40)43(28-35)55-41-24-22-30-12-6-8-18-36(30)46(41)47-37-19-9-7-13-31(37)23-25-42(47)55/h1-29,49H,(H,53,54). The van der Waals surface area contributed by atoms with Gasteiger partial charge in [0.1, 0.15) is 11.4 Å². The van der Waals surface area contributed by atoms with Gasteiger partial charge in [-0.2, -0.15) is 0 Å². The van der Waals surface area contributed by atoms with Gasteiger partial charge in [0.25, 0.3) is 0 Å². The smallest absolute Gasteiger partial charge is 0.159 e. The molecule has 0 bridgehead atoms. The summed E-state index contributed by atoms with van der Waals surface area (Å²) in [6, 6.07) is 63.5. The molecule has 2 aliphatic rings. The summed E-state index contributed by atoms with van der Waals surface area (Å²) in [5.74, 6) is 0.842. The number of thioether (sulfide) groups is 1. The van der Waals surface area contributed by atoms with Gasteiger partial charge < -0.3 is 14.3 Å². The number of benzene rings is 9. The zero-order valence-electron chi connectivity index (χ0n) is 30.5. The van der Waals surface area contributed by atoms with Crippen LogP contribution >= 0.6 is 11.8 Å². The van der Waals surface area contributed by atoms with Crippen LogP contribution in [0.25, 0.3) is 87.4 Å². The molecule has 0 fully saturated rings. The van der Waals surface area contributed by atoms with Crippen LogP contribution in [0, 0.1) is 0 Å². The lowest BCUT2D eigenvalue weighted by Crippen LogP contribution is -2.32. The Labute approximate surface area is 331 Å². The summed E-state index contributed by atoms with van der Waals surface area (Å²) in [4.78, 5) is 8.02. The number of hydrogen-bond acceptors (Lipinski definition) is 4. The molecule has 0 saturated heterocycles. The highest BCUT2D eigenvalue weighted by Crippen LogP contribution is 2.52. The zero-order chi connectivity index (χ0) is 37.2. The molecule has 1 unspecified atom stereocenters. The molecule has 5 heteroatoms. The summed E-state index contributed by atoms with van der Waals surface area (Å²) in [6.07, 6.45) is 0. The third-order valence-electron chi connectivity index (χ3n) is 12.0. The van der Waals surface area contributed by atoms with E-state index in [2.05, 4.69) is 186 Å². The Hall–Kier alpha value is -7.08. The van der Waals surface area contributed by atoms with E-state index >= 15 is 0 Å². The summed E-state index contributed by atoms with van der Waals surface area (Å²) in [5.41, 5.74) is 9.37. The molecule has 9 aromatic carbocycles. The Balaban J connectivity index is 1.16. The van der Waals surface area contributed by atoms with Gasteiger partial charge in [0.2, 0.25) is 0 Å². The summed E-state index contributed by atoms with van der Waals surface area (Å²) in [7, 11) is 0. The molecule has 11 aromatic rings. The maximum Gasteiger partial charge on any atom is 0.159 e. The Morgan fingerprint density at radius 3 is 1.89 bits per heavy atom. The van der Waals surface area contributed by atoms with Crippen molar-refractivity contribution in [2.75, 3.05) is 0 Å². The van der Waals surface area contributed by atoms with Crippen LogP contribution in [0.1, 0.15) is 22.7 Å². The molecule has 0 amide bonds. The number of aliphatic imine (C=N–C) groups is 1. The lowest BCUT2D eigenvalue weighted by Gasteiger charge is -2.26. The lowest BCUT2D eigenvalue weighted by molar-refractivity contribution is 0.667. The first-order chi connectivity index (χ1) is 28.2. The second-order valence-electron chi connectivity index (χ2n) is 15.1. The Kier molecular flexibility index (Phi) is 6.40. The first-order valence-electron chi connectivity index (χ1n) is 19.4. The molecule has 57 heavy (non-hydrogen) atoms. The molecule has 2 aromatic heterocycles. The van der Waals surface area contributed by atoms with Gasteiger partial charge in [0.15, 0.2) is 5.58 Å². The highest BCUT2D eigenvalue weighted by atomic mass is 32.2. The first-order valence-corrected chi connectivity index (χ1v) is 20.2. The predicted octanol–water partition coefficient (Wildman–Crippen LogP) is 13.7. The van der Waals surface area contributed by atoms with Crippen LogP contribution in [0.3, 0.4) is 0 Å². The molecule has 13 rings (SSSR count). The van der Waals surface area contributed by atoms with Gasteiger partial charge in [-0.3, -0.25) is 0 Å². The van der Waals surface area contributed by atoms with Crippen molar-refractivity contribution in [1.29, 1.82) is 0 Å². The highest BCUT2D eigenvalue weighted by Gasteiger charge is 2.35. The quantitative estimate of drug-likeness (QED) is 0.196. The van der Waals surface area contributed by atoms with Gasteiger partial charge in [-0.25, -0.2) is 4.99 Å². The minimum absolute atomic E-state index is 0.0101. The van der Waals surface area contributed by atoms with Crippen LogP contribution in [0.2, 0.25) is 0 Å². The number of rotatable bonds is 3. The maximum atomic E-state index is 7.04. The number of amidine groups is 1. The molecule has 1 N–H and O–H groups in total. The van der Waals surface area contributed by atoms with Crippen LogP contribution in [0.15, 0.2) is 195 Å². The van der Waals surface area contributed by atoms with Crippen molar-refractivity contribution < 1.29 is 4.42 Å². The fraction of sp³-hybridized carbons (Fsp3) is 0.0192. The van der Waals surface area contributed by atoms with Gasteiger partial charge in [0, 0.05) is 42.5 Å². The maximum absolute atomic E-state index is 7.04. The fourth-order valence-corrected chi connectivity index (χ4v) is 10.7. The normalized spacial score (nSPS) is 15.3. The van der Waals surface area contributed by atoms with Crippen molar-refractivity contribution in [2.45, 2.75) is 10.9 Å². The number of nitrogens with zero attached hydrogens (tertiary/aromatic N) is 2. The molecular weight excluding hydrogens is 715 g/mol. The average Bonchev–Trinajstić information content (AvgIpc) is 3.95. The van der Waals surface area contributed by atoms with E-state index in [0.29, 0.717) is 0 Å². The van der Waals surface area contributed by atoms with E-state index in [1.807, 2.05) is 11.8 Å². The molecule has 2 aliphatic heterocycles. The van der Waals surface area contributed by atoms with E-state index in [1.165, 1.54) is 53.1 Å². The van der Waals surface area contributed by atoms with Crippen LogP contribution in [-0.2, 0) is 0 Å². The van der Waals surface area contributed by atoms with Crippen LogP contribution in [-0.4, -0.2) is 10.4 Å². The van der Waals surface area contributed by atoms with Crippen LogP contribution < -0.4 is 5.32 Å². The number of furan rings is 1. The Morgan fingerprint density at radius 1 is 0.526 bits per heavy atom. The Morgan fingerprint density at radius 2 is 1.16 bits per heavy atom. The molecular formula is C52H31N3OS. The monoisotopic (exact) mass is 745 g/mol. The van der Waals surface area contributed by atoms with Crippen molar-refractivity contribution in [3.63, 3.8) is 0 Å². The van der Waals surface area contributed by atoms with Gasteiger partial charge in [-0.15, -0.1) is 0 Å². The topological polar surface area (TPSA) is 42.5 Å². The van der Waals surface area contributed by atoms with Gasteiger partial charge >= 0.3 is 0 Å². The first kappa shape index (κ1) is 31.2. The van der Waals surface area contributed by atoms with Gasteiger partial charge in [0.05, 0.1) is 28.5 Å². The van der Waals surface area contributed by atoms with Crippen LogP contribution in [0.5, 0.6) is 0 Å². The van der Waals surface area contributed by atoms with Crippen molar-refractivity contribution >= 4 is 99.4 Å². The molecule has 4 nitrogen and oxygen atoms in total. The van der Waals surface area contributed by atoms with E-state index in [0.717, 1.165) is 66.7 Å². The van der Waals surface area contributed by atoms with E-state index < -0.39 is 0 Å². The van der Waals surface area contributed by atoms with E-state index in [9.17, 15) is 0 Å². The van der Waals surface area contributed by atoms with E-state index in [1.54, 1.807) is 0 Å². The molecule has 4 heterocycles. The fourth-order valence-electron chi connectivity index (χ4n) is 9.40. The third kappa shape index (κ3) is 4.49. The summed E-state index contributed by atoms with van der Waals surface area (Å²) in [6.45, 7) is 0. The SMILES string of the molecule is c1ccc(C2=C3Sc4ccccc4C3NC(c3cc(-n4c5ccc6ccccc6c5c5c6ccccc6ccc54)c4oc5cc6ccccc6cc5c4c3)=N2)cc1. The summed E-state index contributed by atoms with van der Waals surface area (Å²) >= 11 is 1.82. The number of aromatic nitrogens is 1. The van der Waals surface area contributed by atoms with Gasteiger partial charge in [-0.1, -0.05) is 145 Å². The van der Waals surface area contributed by atoms with Crippen LogP contribution in [0.4, 0.5) is 0 Å². The minimum Gasteiger partial charge on any atom is -0.454 e. The highest BCUT2D eigenvalue weighted by molar-refractivity contribution is 8.03. The largest absolute Gasteiger partial charge is 0.454 e. The number of nitrogens with one attached hydrogen (secondary N) is 1. The van der Waals surface area contributed by atoms with E-state index in [-0.39, 0.29) is 6.04 Å². The zero-order valence-corrected chi connectivity index (χ0v) is 31.3. The second-order valence-corrected chi connectivity index (χ2v) is 16.2. The summed E-state index contributed by atoms with van der Waals surface area (Å²) < 4.78 is 9.47.